The molecule has 4 nitrogen and oxygen atoms in total. The standard InChI is InChI=1S/C52H97NO3/c1-3-5-7-9-11-13-15-17-18-19-20-21-22-23-24-25-26-27-28-29-30-31-32-33-34-36-37-39-41-43-45-47-51(55)50(49-54)53-52(56)48-46-44-42-40-38-35-16-14-12-10-8-6-4-2/h6,8,12,14,35,38,45,47,50-51,54-55H,3-5,7,9-11,13,15-34,36-37,39-44,46,48-49H2,1-2H3,(H,53,56)/b8-6-,14-12-,38-35-,47-45+. The quantitative estimate of drug-likeness (QED) is 0.0425. The maximum absolute atomic E-state index is 12.3. The second kappa shape index (κ2) is 47.7. The second-order valence-electron chi connectivity index (χ2n) is 16.9. The second-order valence-corrected chi connectivity index (χ2v) is 16.9. The lowest BCUT2D eigenvalue weighted by Gasteiger charge is -2.19. The smallest absolute Gasteiger partial charge is 0.220 e. The number of carbonyl (C=O) groups excluding carboxylic acids is 1. The summed E-state index contributed by atoms with van der Waals surface area (Å²) in [6.45, 7) is 4.19. The number of nitrogens with one attached hydrogen (secondary N) is 1. The maximum atomic E-state index is 12.3. The Hall–Kier alpha value is -1.65. The van der Waals surface area contributed by atoms with Crippen LogP contribution in [0.3, 0.4) is 0 Å². The van der Waals surface area contributed by atoms with Crippen molar-refractivity contribution in [2.75, 3.05) is 6.61 Å². The Balaban J connectivity index is 3.46. The average molecular weight is 784 g/mol. The van der Waals surface area contributed by atoms with Crippen molar-refractivity contribution in [3.63, 3.8) is 0 Å². The molecule has 0 rings (SSSR count). The molecule has 0 aliphatic carbocycles. The van der Waals surface area contributed by atoms with E-state index < -0.39 is 12.1 Å². The summed E-state index contributed by atoms with van der Waals surface area (Å²) in [5.74, 6) is -0.0924. The molecule has 56 heavy (non-hydrogen) atoms. The molecule has 0 saturated carbocycles. The molecule has 0 fully saturated rings. The number of hydrogen-bond acceptors (Lipinski definition) is 3. The zero-order chi connectivity index (χ0) is 40.7. The molecule has 2 unspecified atom stereocenters. The summed E-state index contributed by atoms with van der Waals surface area (Å²) in [7, 11) is 0. The van der Waals surface area contributed by atoms with Crippen LogP contribution in [0.25, 0.3) is 0 Å². The molecule has 0 aromatic carbocycles. The van der Waals surface area contributed by atoms with Crippen molar-refractivity contribution in [2.45, 2.75) is 270 Å². The lowest BCUT2D eigenvalue weighted by molar-refractivity contribution is -0.123. The van der Waals surface area contributed by atoms with Crippen molar-refractivity contribution in [1.82, 2.24) is 5.32 Å². The van der Waals surface area contributed by atoms with Gasteiger partial charge in [0, 0.05) is 6.42 Å². The van der Waals surface area contributed by atoms with Crippen LogP contribution < -0.4 is 5.32 Å². The van der Waals surface area contributed by atoms with Gasteiger partial charge in [0.2, 0.25) is 5.91 Å². The van der Waals surface area contributed by atoms with Crippen LogP contribution in [-0.4, -0.2) is 34.9 Å². The monoisotopic (exact) mass is 784 g/mol. The third-order valence-corrected chi connectivity index (χ3v) is 11.3. The molecule has 2 atom stereocenters. The predicted molar refractivity (Wildman–Crippen MR) is 248 cm³/mol. The molecule has 4 heteroatoms. The van der Waals surface area contributed by atoms with Crippen molar-refractivity contribution in [1.29, 1.82) is 0 Å². The van der Waals surface area contributed by atoms with Gasteiger partial charge in [-0.15, -0.1) is 0 Å². The Morgan fingerprint density at radius 1 is 0.446 bits per heavy atom. The summed E-state index contributed by atoms with van der Waals surface area (Å²) in [4.78, 5) is 12.3. The molecule has 328 valence electrons. The predicted octanol–water partition coefficient (Wildman–Crippen LogP) is 15.9. The van der Waals surface area contributed by atoms with Gasteiger partial charge >= 0.3 is 0 Å². The van der Waals surface area contributed by atoms with E-state index in [1.165, 1.54) is 180 Å². The number of aliphatic hydroxyl groups is 2. The SMILES string of the molecule is CC/C=C\C/C=C\C/C=C\CCCCCC(=O)NC(CO)C(O)/C=C/CCCCCCCCCCCCCCCCCCCCCCCCCCCCCCC. The Bertz CT molecular complexity index is 893. The molecule has 0 spiro atoms. The highest BCUT2D eigenvalue weighted by Gasteiger charge is 2.17. The maximum Gasteiger partial charge on any atom is 0.220 e. The van der Waals surface area contributed by atoms with Crippen LogP contribution in [0.5, 0.6) is 0 Å². The molecule has 0 aromatic heterocycles. The largest absolute Gasteiger partial charge is 0.394 e. The van der Waals surface area contributed by atoms with E-state index in [9.17, 15) is 15.0 Å². The first-order valence-electron chi connectivity index (χ1n) is 24.9. The van der Waals surface area contributed by atoms with Crippen molar-refractivity contribution >= 4 is 5.91 Å². The number of amides is 1. The number of carbonyl (C=O) groups is 1. The number of unbranched alkanes of at least 4 members (excludes halogenated alkanes) is 32. The summed E-state index contributed by atoms with van der Waals surface area (Å²) in [6.07, 6.45) is 65.5. The Morgan fingerprint density at radius 3 is 1.18 bits per heavy atom. The van der Waals surface area contributed by atoms with Gasteiger partial charge in [-0.05, 0) is 51.4 Å². The topological polar surface area (TPSA) is 69.6 Å². The van der Waals surface area contributed by atoms with Gasteiger partial charge in [0.15, 0.2) is 0 Å². The first kappa shape index (κ1) is 54.3. The fraction of sp³-hybridized carbons (Fsp3) is 0.827. The van der Waals surface area contributed by atoms with Crippen LogP contribution in [0.4, 0.5) is 0 Å². The lowest BCUT2D eigenvalue weighted by atomic mass is 10.0. The van der Waals surface area contributed by atoms with Crippen LogP contribution in [0.15, 0.2) is 48.6 Å². The highest BCUT2D eigenvalue weighted by molar-refractivity contribution is 5.76. The fourth-order valence-corrected chi connectivity index (χ4v) is 7.55. The fourth-order valence-electron chi connectivity index (χ4n) is 7.55. The van der Waals surface area contributed by atoms with Gasteiger partial charge in [-0.2, -0.15) is 0 Å². The van der Waals surface area contributed by atoms with Crippen molar-refractivity contribution in [3.05, 3.63) is 48.6 Å². The van der Waals surface area contributed by atoms with Gasteiger partial charge in [-0.3, -0.25) is 4.79 Å². The van der Waals surface area contributed by atoms with Gasteiger partial charge in [0.05, 0.1) is 18.8 Å². The molecule has 0 bridgehead atoms. The first-order chi connectivity index (χ1) is 27.7. The zero-order valence-electron chi connectivity index (χ0n) is 37.7. The normalized spacial score (nSPS) is 13.3. The molecule has 0 saturated heterocycles. The summed E-state index contributed by atoms with van der Waals surface area (Å²) >= 11 is 0. The average Bonchev–Trinajstić information content (AvgIpc) is 3.20. The minimum absolute atomic E-state index is 0.0924. The number of aliphatic hydroxyl groups excluding tert-OH is 2. The molecule has 0 heterocycles. The van der Waals surface area contributed by atoms with Crippen LogP contribution in [0, 0.1) is 0 Å². The van der Waals surface area contributed by atoms with Gasteiger partial charge in [-0.1, -0.05) is 249 Å². The zero-order valence-corrected chi connectivity index (χ0v) is 37.7. The van der Waals surface area contributed by atoms with E-state index in [0.29, 0.717) is 6.42 Å². The van der Waals surface area contributed by atoms with E-state index in [4.69, 9.17) is 0 Å². The molecular formula is C52H97NO3. The van der Waals surface area contributed by atoms with E-state index in [2.05, 4.69) is 55.6 Å². The van der Waals surface area contributed by atoms with Crippen LogP contribution >= 0.6 is 0 Å². The minimum Gasteiger partial charge on any atom is -0.394 e. The van der Waals surface area contributed by atoms with Crippen molar-refractivity contribution in [2.24, 2.45) is 0 Å². The van der Waals surface area contributed by atoms with Crippen molar-refractivity contribution < 1.29 is 15.0 Å². The molecule has 3 N–H and O–H groups in total. The third-order valence-electron chi connectivity index (χ3n) is 11.3. The lowest BCUT2D eigenvalue weighted by Crippen LogP contribution is -2.45. The van der Waals surface area contributed by atoms with E-state index in [1.54, 1.807) is 6.08 Å². The highest BCUT2D eigenvalue weighted by Crippen LogP contribution is 2.17. The van der Waals surface area contributed by atoms with Crippen LogP contribution in [-0.2, 0) is 4.79 Å². The Labute approximate surface area is 350 Å². The summed E-state index contributed by atoms with van der Waals surface area (Å²) in [5.41, 5.74) is 0. The van der Waals surface area contributed by atoms with Gasteiger partial charge in [0.1, 0.15) is 0 Å². The number of allylic oxidation sites excluding steroid dienone is 7. The minimum atomic E-state index is -0.852. The molecule has 0 aromatic rings. The molecule has 0 radical (unpaired) electrons. The molecular weight excluding hydrogens is 687 g/mol. The Kier molecular flexibility index (Phi) is 46.3. The molecule has 1 amide bonds. The summed E-state index contributed by atoms with van der Waals surface area (Å²) < 4.78 is 0. The van der Waals surface area contributed by atoms with E-state index in [1.807, 2.05) is 6.08 Å². The highest BCUT2D eigenvalue weighted by atomic mass is 16.3. The van der Waals surface area contributed by atoms with E-state index in [-0.39, 0.29) is 12.5 Å². The third kappa shape index (κ3) is 43.5. The van der Waals surface area contributed by atoms with Gasteiger partial charge < -0.3 is 15.5 Å². The number of rotatable bonds is 45. The van der Waals surface area contributed by atoms with E-state index in [0.717, 1.165) is 57.8 Å². The number of hydrogen-bond donors (Lipinski definition) is 3. The molecule has 0 aliphatic rings. The van der Waals surface area contributed by atoms with Gasteiger partial charge in [-0.25, -0.2) is 0 Å². The summed E-state index contributed by atoms with van der Waals surface area (Å²) in [6, 6.07) is -0.638. The van der Waals surface area contributed by atoms with Crippen LogP contribution in [0.1, 0.15) is 258 Å². The van der Waals surface area contributed by atoms with Gasteiger partial charge in [0.25, 0.3) is 0 Å². The van der Waals surface area contributed by atoms with Crippen LogP contribution in [0.2, 0.25) is 0 Å². The summed E-state index contributed by atoms with van der Waals surface area (Å²) in [5, 5.41) is 23.0. The van der Waals surface area contributed by atoms with Crippen molar-refractivity contribution in [3.8, 4) is 0 Å². The van der Waals surface area contributed by atoms with E-state index >= 15 is 0 Å². The first-order valence-corrected chi connectivity index (χ1v) is 24.9. The Morgan fingerprint density at radius 2 is 0.786 bits per heavy atom. The molecule has 0 aliphatic heterocycles.